The molecule has 0 amide bonds. The molecule has 0 aliphatic rings. The number of hydrogen-bond donors (Lipinski definition) is 1. The first kappa shape index (κ1) is 15.5. The molecule has 2 rings (SSSR count). The fourth-order valence-electron chi connectivity index (χ4n) is 1.94. The van der Waals surface area contributed by atoms with Crippen molar-refractivity contribution in [3.63, 3.8) is 0 Å². The summed E-state index contributed by atoms with van der Waals surface area (Å²) in [5, 5.41) is 8.45. The molecule has 7 heteroatoms. The summed E-state index contributed by atoms with van der Waals surface area (Å²) < 4.78 is 4.02. The lowest BCUT2D eigenvalue weighted by Gasteiger charge is -2.19. The van der Waals surface area contributed by atoms with E-state index in [0.717, 1.165) is 26.2 Å². The van der Waals surface area contributed by atoms with E-state index >= 15 is 0 Å². The van der Waals surface area contributed by atoms with E-state index in [1.165, 1.54) is 5.56 Å². The molecule has 0 radical (unpaired) electrons. The van der Waals surface area contributed by atoms with Crippen LogP contribution in [-0.2, 0) is 7.05 Å². The summed E-state index contributed by atoms with van der Waals surface area (Å²) in [4.78, 5) is 0. The molecule has 0 saturated carbocycles. The van der Waals surface area contributed by atoms with Crippen LogP contribution in [0.3, 0.4) is 0 Å². The lowest BCUT2D eigenvalue weighted by Crippen LogP contribution is -2.25. The molecule has 2 aromatic rings. The second-order valence-electron chi connectivity index (χ2n) is 4.17. The predicted octanol–water partition coefficient (Wildman–Crippen LogP) is 4.75. The van der Waals surface area contributed by atoms with Gasteiger partial charge in [-0.15, -0.1) is 11.3 Å². The number of hydrogen-bond acceptors (Lipinski definition) is 3. The van der Waals surface area contributed by atoms with Crippen LogP contribution < -0.4 is 5.32 Å². The standard InChI is InChI=1S/C12H14Br2ClN3S/c1-3-4-16-10(7-5-9(13)19-12(7)14)11-8(15)6-17-18(11)2/h5-6,10,16H,3-4H2,1-2H3. The van der Waals surface area contributed by atoms with E-state index in [0.29, 0.717) is 5.02 Å². The van der Waals surface area contributed by atoms with Crippen molar-refractivity contribution in [2.75, 3.05) is 6.54 Å². The summed E-state index contributed by atoms with van der Waals surface area (Å²) in [6.45, 7) is 3.07. The normalized spacial score (nSPS) is 12.9. The minimum absolute atomic E-state index is 0.0388. The molecule has 2 aromatic heterocycles. The molecule has 0 spiro atoms. The van der Waals surface area contributed by atoms with Crippen LogP contribution in [0.15, 0.2) is 19.8 Å². The number of nitrogens with one attached hydrogen (secondary N) is 1. The van der Waals surface area contributed by atoms with E-state index in [9.17, 15) is 0 Å². The Morgan fingerprint density at radius 3 is 2.74 bits per heavy atom. The van der Waals surface area contributed by atoms with Crippen molar-refractivity contribution in [2.45, 2.75) is 19.4 Å². The highest BCUT2D eigenvalue weighted by Crippen LogP contribution is 2.39. The van der Waals surface area contributed by atoms with Gasteiger partial charge in [0.05, 0.1) is 30.5 Å². The van der Waals surface area contributed by atoms with Gasteiger partial charge in [-0.25, -0.2) is 0 Å². The van der Waals surface area contributed by atoms with Gasteiger partial charge in [-0.1, -0.05) is 18.5 Å². The number of halogens is 3. The summed E-state index contributed by atoms with van der Waals surface area (Å²) in [5.41, 5.74) is 2.16. The Hall–Kier alpha value is 0.120. The smallest absolute Gasteiger partial charge is 0.0837 e. The minimum Gasteiger partial charge on any atom is -0.305 e. The van der Waals surface area contributed by atoms with Gasteiger partial charge in [0.15, 0.2) is 0 Å². The number of aryl methyl sites for hydroxylation is 1. The second-order valence-corrected chi connectivity index (χ2v) is 8.32. The maximum absolute atomic E-state index is 6.28. The molecule has 3 nitrogen and oxygen atoms in total. The molecule has 104 valence electrons. The fraction of sp³-hybridized carbons (Fsp3) is 0.417. The SMILES string of the molecule is CCCNC(c1cc(Br)sc1Br)c1c(Cl)cnn1C. The van der Waals surface area contributed by atoms with Gasteiger partial charge >= 0.3 is 0 Å². The minimum atomic E-state index is 0.0388. The molecule has 2 heterocycles. The predicted molar refractivity (Wildman–Crippen MR) is 88.1 cm³/mol. The first-order valence-corrected chi connectivity index (χ1v) is 8.68. The largest absolute Gasteiger partial charge is 0.305 e. The Labute approximate surface area is 138 Å². The molecular weight excluding hydrogens is 413 g/mol. The number of thiophene rings is 1. The molecule has 1 N–H and O–H groups in total. The average molecular weight is 428 g/mol. The summed E-state index contributed by atoms with van der Waals surface area (Å²) >= 11 is 15.1. The van der Waals surface area contributed by atoms with Crippen molar-refractivity contribution in [3.05, 3.63) is 36.1 Å². The van der Waals surface area contributed by atoms with E-state index in [4.69, 9.17) is 11.6 Å². The van der Waals surface area contributed by atoms with Gasteiger partial charge in [-0.3, -0.25) is 4.68 Å². The second kappa shape index (κ2) is 6.72. The molecule has 1 atom stereocenters. The molecular formula is C12H14Br2ClN3S. The van der Waals surface area contributed by atoms with Crippen LogP contribution in [0.5, 0.6) is 0 Å². The topological polar surface area (TPSA) is 29.9 Å². The fourth-order valence-corrected chi connectivity index (χ4v) is 5.11. The summed E-state index contributed by atoms with van der Waals surface area (Å²) in [7, 11) is 1.91. The highest BCUT2D eigenvalue weighted by atomic mass is 79.9. The zero-order chi connectivity index (χ0) is 14.0. The van der Waals surface area contributed by atoms with Crippen molar-refractivity contribution in [3.8, 4) is 0 Å². The first-order chi connectivity index (χ1) is 9.04. The summed E-state index contributed by atoms with van der Waals surface area (Å²) in [6.07, 6.45) is 2.75. The highest BCUT2D eigenvalue weighted by molar-refractivity contribution is 9.12. The van der Waals surface area contributed by atoms with E-state index in [1.807, 2.05) is 11.7 Å². The molecule has 0 saturated heterocycles. The third-order valence-corrected chi connectivity index (χ3v) is 5.48. The Morgan fingerprint density at radius 2 is 2.26 bits per heavy atom. The monoisotopic (exact) mass is 425 g/mol. The Morgan fingerprint density at radius 1 is 1.53 bits per heavy atom. The van der Waals surface area contributed by atoms with Crippen molar-refractivity contribution in [1.29, 1.82) is 0 Å². The average Bonchev–Trinajstić information content (AvgIpc) is 2.85. The Kier molecular flexibility index (Phi) is 5.48. The molecule has 0 fully saturated rings. The van der Waals surface area contributed by atoms with Crippen LogP contribution >= 0.6 is 54.8 Å². The van der Waals surface area contributed by atoms with Gasteiger partial charge in [0.1, 0.15) is 0 Å². The van der Waals surface area contributed by atoms with Gasteiger partial charge < -0.3 is 5.32 Å². The number of nitrogens with zero attached hydrogens (tertiary/aromatic N) is 2. The Bertz CT molecular complexity index is 548. The van der Waals surface area contributed by atoms with Gasteiger partial charge in [0.25, 0.3) is 0 Å². The molecule has 0 aliphatic heterocycles. The lowest BCUT2D eigenvalue weighted by atomic mass is 10.1. The van der Waals surface area contributed by atoms with Crippen LogP contribution in [0, 0.1) is 0 Å². The van der Waals surface area contributed by atoms with Crippen LogP contribution in [0.4, 0.5) is 0 Å². The van der Waals surface area contributed by atoms with Crippen molar-refractivity contribution in [2.24, 2.45) is 7.05 Å². The molecule has 0 aliphatic carbocycles. The summed E-state index contributed by atoms with van der Waals surface area (Å²) in [5.74, 6) is 0. The third kappa shape index (κ3) is 3.42. The maximum Gasteiger partial charge on any atom is 0.0837 e. The van der Waals surface area contributed by atoms with E-state index < -0.39 is 0 Å². The molecule has 1 unspecified atom stereocenters. The van der Waals surface area contributed by atoms with Gasteiger partial charge in [0, 0.05) is 12.6 Å². The van der Waals surface area contributed by atoms with Gasteiger partial charge in [-0.2, -0.15) is 5.10 Å². The summed E-state index contributed by atoms with van der Waals surface area (Å²) in [6, 6.07) is 2.16. The van der Waals surface area contributed by atoms with Crippen molar-refractivity contribution < 1.29 is 0 Å². The maximum atomic E-state index is 6.28. The molecule has 19 heavy (non-hydrogen) atoms. The van der Waals surface area contributed by atoms with Crippen LogP contribution in [0.25, 0.3) is 0 Å². The van der Waals surface area contributed by atoms with E-state index in [-0.39, 0.29) is 6.04 Å². The lowest BCUT2D eigenvalue weighted by molar-refractivity contribution is 0.553. The van der Waals surface area contributed by atoms with Gasteiger partial charge in [-0.05, 0) is 50.9 Å². The molecule has 0 bridgehead atoms. The highest BCUT2D eigenvalue weighted by Gasteiger charge is 2.24. The van der Waals surface area contributed by atoms with Crippen LogP contribution in [-0.4, -0.2) is 16.3 Å². The zero-order valence-corrected chi connectivity index (χ0v) is 15.3. The van der Waals surface area contributed by atoms with Gasteiger partial charge in [0.2, 0.25) is 0 Å². The zero-order valence-electron chi connectivity index (χ0n) is 10.6. The van der Waals surface area contributed by atoms with E-state index in [2.05, 4.69) is 55.3 Å². The van der Waals surface area contributed by atoms with Crippen molar-refractivity contribution >= 4 is 54.8 Å². The van der Waals surface area contributed by atoms with E-state index in [1.54, 1.807) is 17.5 Å². The Balaban J connectivity index is 2.44. The van der Waals surface area contributed by atoms with Crippen molar-refractivity contribution in [1.82, 2.24) is 15.1 Å². The quantitative estimate of drug-likeness (QED) is 0.746. The van der Waals surface area contributed by atoms with Crippen LogP contribution in [0.2, 0.25) is 5.02 Å². The number of rotatable bonds is 5. The number of aromatic nitrogens is 2. The van der Waals surface area contributed by atoms with Crippen LogP contribution in [0.1, 0.15) is 30.6 Å². The third-order valence-electron chi connectivity index (χ3n) is 2.80. The molecule has 0 aromatic carbocycles. The first-order valence-electron chi connectivity index (χ1n) is 5.90.